The zero-order chi connectivity index (χ0) is 21.9. The zero-order valence-electron chi connectivity index (χ0n) is 19.1. The maximum Gasteiger partial charge on any atom is 0.224 e. The van der Waals surface area contributed by atoms with E-state index in [1.54, 1.807) is 0 Å². The molecule has 1 heterocycles. The summed E-state index contributed by atoms with van der Waals surface area (Å²) in [6.45, 7) is 5.90. The van der Waals surface area contributed by atoms with Gasteiger partial charge in [0.1, 0.15) is 0 Å². The summed E-state index contributed by atoms with van der Waals surface area (Å²) >= 11 is 0. The van der Waals surface area contributed by atoms with Gasteiger partial charge in [-0.3, -0.25) is 14.7 Å². The van der Waals surface area contributed by atoms with Gasteiger partial charge in [0, 0.05) is 51.4 Å². The lowest BCUT2D eigenvalue weighted by Crippen LogP contribution is -2.48. The number of halogens is 1. The number of carbonyl (C=O) groups is 1. The summed E-state index contributed by atoms with van der Waals surface area (Å²) in [4.78, 5) is 18.6. The van der Waals surface area contributed by atoms with Gasteiger partial charge in [-0.1, -0.05) is 49.4 Å². The van der Waals surface area contributed by atoms with Crippen LogP contribution in [0.1, 0.15) is 43.7 Å². The Morgan fingerprint density at radius 2 is 1.72 bits per heavy atom. The highest BCUT2D eigenvalue weighted by atomic mass is 127. The van der Waals surface area contributed by atoms with Crippen molar-refractivity contribution in [3.8, 4) is 0 Å². The molecule has 7 heteroatoms. The molecule has 0 spiro atoms. The first-order valence-corrected chi connectivity index (χ1v) is 11.3. The van der Waals surface area contributed by atoms with E-state index in [4.69, 9.17) is 0 Å². The number of guanidine groups is 1. The topological polar surface area (TPSA) is 68.8 Å². The minimum absolute atomic E-state index is 0. The summed E-state index contributed by atoms with van der Waals surface area (Å²) < 4.78 is 0. The third-order valence-corrected chi connectivity index (χ3v) is 5.58. The number of hydrogen-bond acceptors (Lipinski definition) is 3. The summed E-state index contributed by atoms with van der Waals surface area (Å²) in [6, 6.07) is 19.1. The normalized spacial score (nSPS) is 15.0. The molecule has 32 heavy (non-hydrogen) atoms. The molecule has 3 N–H and O–H groups in total. The molecule has 1 saturated heterocycles. The number of aliphatic imine (C=N–C) groups is 1. The Morgan fingerprint density at radius 1 is 1.03 bits per heavy atom. The van der Waals surface area contributed by atoms with E-state index in [-0.39, 0.29) is 29.9 Å². The Morgan fingerprint density at radius 3 is 2.34 bits per heavy atom. The number of amides is 1. The minimum atomic E-state index is 0. The van der Waals surface area contributed by atoms with Gasteiger partial charge < -0.3 is 16.0 Å². The molecule has 1 fully saturated rings. The molecule has 1 amide bonds. The van der Waals surface area contributed by atoms with Crippen LogP contribution < -0.4 is 16.0 Å². The quantitative estimate of drug-likeness (QED) is 0.260. The fraction of sp³-hybridized carbons (Fsp3) is 0.440. The molecule has 1 aliphatic rings. The van der Waals surface area contributed by atoms with Gasteiger partial charge in [-0.05, 0) is 42.5 Å². The lowest BCUT2D eigenvalue weighted by Gasteiger charge is -2.33. The number of anilines is 1. The second-order valence-corrected chi connectivity index (χ2v) is 8.10. The van der Waals surface area contributed by atoms with Crippen LogP contribution in [0, 0.1) is 0 Å². The van der Waals surface area contributed by atoms with Crippen molar-refractivity contribution in [2.45, 2.75) is 51.7 Å². The summed E-state index contributed by atoms with van der Waals surface area (Å²) in [5, 5.41) is 9.89. The van der Waals surface area contributed by atoms with E-state index in [1.807, 2.05) is 38.2 Å². The summed E-state index contributed by atoms with van der Waals surface area (Å²) in [6.07, 6.45) is 3.63. The molecule has 6 nitrogen and oxygen atoms in total. The largest absolute Gasteiger partial charge is 0.354 e. The Bertz CT molecular complexity index is 833. The van der Waals surface area contributed by atoms with Crippen LogP contribution in [-0.2, 0) is 17.9 Å². The van der Waals surface area contributed by atoms with E-state index < -0.39 is 0 Å². The summed E-state index contributed by atoms with van der Waals surface area (Å²) in [5.74, 6) is 0.898. The standard InChI is InChI=1S/C25H35N5O.HI/c1-3-7-24(31)28-22-12-10-20(11-13-22)18-27-25(26-2)29-23-14-16-30(17-15-23)19-21-8-5-4-6-9-21;/h4-6,8-13,23H,3,7,14-19H2,1-2H3,(H,28,31)(H2,26,27,29);1H. The van der Waals surface area contributed by atoms with Crippen molar-refractivity contribution in [1.29, 1.82) is 0 Å². The Labute approximate surface area is 209 Å². The maximum atomic E-state index is 11.7. The molecule has 2 aromatic rings. The predicted octanol–water partition coefficient (Wildman–Crippen LogP) is 4.37. The van der Waals surface area contributed by atoms with Crippen molar-refractivity contribution in [3.63, 3.8) is 0 Å². The van der Waals surface area contributed by atoms with Crippen LogP contribution in [0.4, 0.5) is 5.69 Å². The smallest absolute Gasteiger partial charge is 0.224 e. The monoisotopic (exact) mass is 549 g/mol. The number of likely N-dealkylation sites (tertiary alicyclic amines) is 1. The molecule has 0 aliphatic carbocycles. The van der Waals surface area contributed by atoms with Crippen molar-refractivity contribution in [3.05, 3.63) is 65.7 Å². The van der Waals surface area contributed by atoms with Crippen LogP contribution in [0.25, 0.3) is 0 Å². The van der Waals surface area contributed by atoms with Crippen molar-refractivity contribution in [1.82, 2.24) is 15.5 Å². The molecule has 0 radical (unpaired) electrons. The second kappa shape index (κ2) is 14.1. The van der Waals surface area contributed by atoms with Crippen molar-refractivity contribution in [2.24, 2.45) is 4.99 Å². The molecule has 3 rings (SSSR count). The highest BCUT2D eigenvalue weighted by molar-refractivity contribution is 14.0. The van der Waals surface area contributed by atoms with E-state index in [9.17, 15) is 4.79 Å². The van der Waals surface area contributed by atoms with Crippen LogP contribution in [0.3, 0.4) is 0 Å². The number of rotatable bonds is 8. The lowest BCUT2D eigenvalue weighted by atomic mass is 10.0. The van der Waals surface area contributed by atoms with Gasteiger partial charge in [0.2, 0.25) is 5.91 Å². The number of piperidine rings is 1. The first kappa shape index (κ1) is 26.1. The molecule has 0 aromatic heterocycles. The number of carbonyl (C=O) groups excluding carboxylic acids is 1. The SMILES string of the molecule is CCCC(=O)Nc1ccc(CNC(=NC)NC2CCN(Cc3ccccc3)CC2)cc1.I. The van der Waals surface area contributed by atoms with Crippen LogP contribution in [-0.4, -0.2) is 42.9 Å². The maximum absolute atomic E-state index is 11.7. The first-order chi connectivity index (χ1) is 15.2. The average molecular weight is 550 g/mol. The van der Waals surface area contributed by atoms with Gasteiger partial charge in [-0.25, -0.2) is 0 Å². The van der Waals surface area contributed by atoms with E-state index in [0.29, 0.717) is 19.0 Å². The van der Waals surface area contributed by atoms with E-state index >= 15 is 0 Å². The molecule has 0 saturated carbocycles. The van der Waals surface area contributed by atoms with E-state index in [0.717, 1.165) is 56.1 Å². The molecule has 1 aliphatic heterocycles. The fourth-order valence-corrected chi connectivity index (χ4v) is 3.81. The third kappa shape index (κ3) is 8.78. The van der Waals surface area contributed by atoms with Crippen molar-refractivity contribution in [2.75, 3.05) is 25.5 Å². The van der Waals surface area contributed by atoms with Crippen molar-refractivity contribution >= 4 is 41.5 Å². The fourth-order valence-electron chi connectivity index (χ4n) is 3.81. The highest BCUT2D eigenvalue weighted by Gasteiger charge is 2.20. The van der Waals surface area contributed by atoms with Crippen LogP contribution in [0.2, 0.25) is 0 Å². The molecular weight excluding hydrogens is 513 g/mol. The van der Waals surface area contributed by atoms with Gasteiger partial charge in [-0.15, -0.1) is 24.0 Å². The number of nitrogens with one attached hydrogen (secondary N) is 3. The average Bonchev–Trinajstić information content (AvgIpc) is 2.79. The van der Waals surface area contributed by atoms with Crippen LogP contribution in [0.15, 0.2) is 59.6 Å². The zero-order valence-corrected chi connectivity index (χ0v) is 21.5. The number of nitrogens with zero attached hydrogens (tertiary/aromatic N) is 2. The highest BCUT2D eigenvalue weighted by Crippen LogP contribution is 2.14. The Balaban J connectivity index is 0.00000363. The van der Waals surface area contributed by atoms with Gasteiger partial charge in [0.05, 0.1) is 0 Å². The molecule has 174 valence electrons. The Kier molecular flexibility index (Phi) is 11.5. The van der Waals surface area contributed by atoms with Gasteiger partial charge >= 0.3 is 0 Å². The second-order valence-electron chi connectivity index (χ2n) is 8.10. The lowest BCUT2D eigenvalue weighted by molar-refractivity contribution is -0.116. The van der Waals surface area contributed by atoms with Gasteiger partial charge in [0.15, 0.2) is 5.96 Å². The van der Waals surface area contributed by atoms with Gasteiger partial charge in [0.25, 0.3) is 0 Å². The van der Waals surface area contributed by atoms with E-state index in [2.05, 4.69) is 56.2 Å². The summed E-state index contributed by atoms with van der Waals surface area (Å²) in [5.41, 5.74) is 3.36. The van der Waals surface area contributed by atoms with Gasteiger partial charge in [-0.2, -0.15) is 0 Å². The van der Waals surface area contributed by atoms with Crippen LogP contribution >= 0.6 is 24.0 Å². The third-order valence-electron chi connectivity index (χ3n) is 5.58. The first-order valence-electron chi connectivity index (χ1n) is 11.3. The minimum Gasteiger partial charge on any atom is -0.354 e. The molecular formula is C25H36IN5O. The van der Waals surface area contributed by atoms with Crippen molar-refractivity contribution < 1.29 is 4.79 Å². The predicted molar refractivity (Wildman–Crippen MR) is 143 cm³/mol. The number of benzene rings is 2. The van der Waals surface area contributed by atoms with Crippen LogP contribution in [0.5, 0.6) is 0 Å². The Hall–Kier alpha value is -2.13. The summed E-state index contributed by atoms with van der Waals surface area (Å²) in [7, 11) is 1.81. The molecule has 2 aromatic carbocycles. The molecule has 0 unspecified atom stereocenters. The van der Waals surface area contributed by atoms with E-state index in [1.165, 1.54) is 5.56 Å². The molecule has 0 atom stereocenters. The molecule has 0 bridgehead atoms. The number of hydrogen-bond donors (Lipinski definition) is 3.